The number of aliphatic carboxylic acids is 1. The molecule has 21 heavy (non-hydrogen) atoms. The Morgan fingerprint density at radius 1 is 1.33 bits per heavy atom. The van der Waals surface area contributed by atoms with E-state index in [0.29, 0.717) is 12.2 Å². The van der Waals surface area contributed by atoms with Crippen LogP contribution in [0.3, 0.4) is 0 Å². The lowest BCUT2D eigenvalue weighted by Crippen LogP contribution is -2.39. The molecule has 1 aromatic carbocycles. The smallest absolute Gasteiger partial charge is 0.310 e. The normalized spacial score (nSPS) is 36.3. The molecule has 3 aliphatic rings. The lowest BCUT2D eigenvalue weighted by molar-refractivity contribution is -0.146. The van der Waals surface area contributed by atoms with Gasteiger partial charge in [0.25, 0.3) is 0 Å². The fraction of sp³-hybridized carbons (Fsp3) is 0.333. The SMILES string of the molecule is O=C(O)[C@H]1[C@H]2C=C[C@@]3(CN(c4ccc(O)cc4)C(=O)[C@@H]13)O2. The number of benzene rings is 1. The second kappa shape index (κ2) is 3.85. The standard InChI is InChI=1S/C15H13NO5/c17-9-3-1-8(2-4-9)16-7-15-6-5-10(21-15)11(14(19)20)12(15)13(16)18/h1-6,10-12,17H,7H2,(H,19,20)/t10-,11+,12-,15+/m1/s1. The number of carboxylic acid groups (broad SMARTS) is 1. The van der Waals surface area contributed by atoms with E-state index < -0.39 is 29.5 Å². The fourth-order valence-electron chi connectivity index (χ4n) is 3.63. The highest BCUT2D eigenvalue weighted by Crippen LogP contribution is 2.52. The van der Waals surface area contributed by atoms with Crippen molar-refractivity contribution in [3.8, 4) is 5.75 Å². The third-order valence-electron chi connectivity index (χ3n) is 4.55. The van der Waals surface area contributed by atoms with E-state index in [1.54, 1.807) is 18.2 Å². The summed E-state index contributed by atoms with van der Waals surface area (Å²) in [7, 11) is 0. The van der Waals surface area contributed by atoms with E-state index in [1.807, 2.05) is 6.08 Å². The predicted molar refractivity (Wildman–Crippen MR) is 71.8 cm³/mol. The van der Waals surface area contributed by atoms with Crippen LogP contribution < -0.4 is 4.90 Å². The van der Waals surface area contributed by atoms with Crippen LogP contribution in [0.25, 0.3) is 0 Å². The topological polar surface area (TPSA) is 87.1 Å². The molecule has 1 spiro atoms. The number of rotatable bonds is 2. The molecule has 0 radical (unpaired) electrons. The largest absolute Gasteiger partial charge is 0.508 e. The van der Waals surface area contributed by atoms with Gasteiger partial charge in [0.05, 0.1) is 18.6 Å². The van der Waals surface area contributed by atoms with Crippen LogP contribution in [0, 0.1) is 11.8 Å². The van der Waals surface area contributed by atoms with Crippen molar-refractivity contribution >= 4 is 17.6 Å². The summed E-state index contributed by atoms with van der Waals surface area (Å²) in [5.41, 5.74) is -0.200. The van der Waals surface area contributed by atoms with Crippen molar-refractivity contribution in [1.82, 2.24) is 0 Å². The summed E-state index contributed by atoms with van der Waals surface area (Å²) in [6.07, 6.45) is 3.04. The van der Waals surface area contributed by atoms with Crippen molar-refractivity contribution in [2.24, 2.45) is 11.8 Å². The number of amides is 1. The molecule has 3 aliphatic heterocycles. The van der Waals surface area contributed by atoms with Crippen molar-refractivity contribution in [3.05, 3.63) is 36.4 Å². The Bertz CT molecular complexity index is 667. The molecule has 4 atom stereocenters. The number of carbonyl (C=O) groups is 2. The molecule has 2 saturated heterocycles. The molecule has 1 aromatic rings. The summed E-state index contributed by atoms with van der Waals surface area (Å²) in [6, 6.07) is 6.27. The zero-order valence-electron chi connectivity index (χ0n) is 11.0. The van der Waals surface area contributed by atoms with Gasteiger partial charge in [0.15, 0.2) is 0 Å². The second-order valence-electron chi connectivity index (χ2n) is 5.68. The number of phenols is 1. The van der Waals surface area contributed by atoms with Crippen LogP contribution in [0.15, 0.2) is 36.4 Å². The number of phenolic OH excluding ortho intramolecular Hbond substituents is 1. The summed E-state index contributed by atoms with van der Waals surface area (Å²) in [6.45, 7) is 0.304. The van der Waals surface area contributed by atoms with E-state index in [9.17, 15) is 19.8 Å². The van der Waals surface area contributed by atoms with Gasteiger partial charge in [-0.15, -0.1) is 0 Å². The monoisotopic (exact) mass is 287 g/mol. The van der Waals surface area contributed by atoms with Crippen LogP contribution in [0.5, 0.6) is 5.75 Å². The van der Waals surface area contributed by atoms with Crippen molar-refractivity contribution in [2.45, 2.75) is 11.7 Å². The zero-order valence-corrected chi connectivity index (χ0v) is 11.0. The van der Waals surface area contributed by atoms with E-state index in [0.717, 1.165) is 0 Å². The summed E-state index contributed by atoms with van der Waals surface area (Å²) < 4.78 is 5.80. The molecule has 0 aromatic heterocycles. The number of hydrogen-bond donors (Lipinski definition) is 2. The average molecular weight is 287 g/mol. The minimum Gasteiger partial charge on any atom is -0.508 e. The molecule has 2 fully saturated rings. The number of carboxylic acids is 1. The molecule has 1 amide bonds. The van der Waals surface area contributed by atoms with Gasteiger partial charge in [0.2, 0.25) is 5.91 Å². The van der Waals surface area contributed by atoms with E-state index in [4.69, 9.17) is 4.74 Å². The van der Waals surface area contributed by atoms with Crippen molar-refractivity contribution < 1.29 is 24.5 Å². The molecular weight excluding hydrogens is 274 g/mol. The predicted octanol–water partition coefficient (Wildman–Crippen LogP) is 0.763. The molecule has 4 rings (SSSR count). The van der Waals surface area contributed by atoms with Gasteiger partial charge in [0.1, 0.15) is 17.3 Å². The maximum absolute atomic E-state index is 12.7. The van der Waals surface area contributed by atoms with Crippen LogP contribution >= 0.6 is 0 Å². The number of aromatic hydroxyl groups is 1. The summed E-state index contributed by atoms with van der Waals surface area (Å²) >= 11 is 0. The highest BCUT2D eigenvalue weighted by Gasteiger charge is 2.67. The number of carbonyl (C=O) groups excluding carboxylic acids is 1. The van der Waals surface area contributed by atoms with Gasteiger partial charge in [-0.25, -0.2) is 0 Å². The first-order valence-electron chi connectivity index (χ1n) is 6.72. The first-order chi connectivity index (χ1) is 10.0. The maximum atomic E-state index is 12.7. The van der Waals surface area contributed by atoms with E-state index in [2.05, 4.69) is 0 Å². The fourth-order valence-corrected chi connectivity index (χ4v) is 3.63. The minimum absolute atomic E-state index is 0.115. The van der Waals surface area contributed by atoms with Crippen LogP contribution in [0.1, 0.15) is 0 Å². The Hall–Kier alpha value is -2.34. The highest BCUT2D eigenvalue weighted by molar-refractivity contribution is 6.02. The Kier molecular flexibility index (Phi) is 2.28. The van der Waals surface area contributed by atoms with Crippen LogP contribution in [0.2, 0.25) is 0 Å². The third kappa shape index (κ3) is 1.50. The molecule has 0 unspecified atom stereocenters. The molecular formula is C15H13NO5. The maximum Gasteiger partial charge on any atom is 0.310 e. The molecule has 3 heterocycles. The van der Waals surface area contributed by atoms with Crippen LogP contribution in [0.4, 0.5) is 5.69 Å². The van der Waals surface area contributed by atoms with Crippen molar-refractivity contribution in [1.29, 1.82) is 0 Å². The Labute approximate surface area is 120 Å². The third-order valence-corrected chi connectivity index (χ3v) is 4.55. The number of nitrogens with zero attached hydrogens (tertiary/aromatic N) is 1. The quantitative estimate of drug-likeness (QED) is 0.784. The molecule has 2 N–H and O–H groups in total. The molecule has 0 aliphatic carbocycles. The van der Waals surface area contributed by atoms with Gasteiger partial charge in [-0.2, -0.15) is 0 Å². The number of fused-ring (bicyclic) bond motifs is 1. The first-order valence-corrected chi connectivity index (χ1v) is 6.72. The lowest BCUT2D eigenvalue weighted by atomic mass is 9.77. The average Bonchev–Trinajstić information content (AvgIpc) is 3.08. The Morgan fingerprint density at radius 3 is 2.71 bits per heavy atom. The lowest BCUT2D eigenvalue weighted by Gasteiger charge is -2.21. The van der Waals surface area contributed by atoms with Crippen LogP contribution in [-0.4, -0.2) is 40.3 Å². The van der Waals surface area contributed by atoms with Crippen molar-refractivity contribution in [2.75, 3.05) is 11.4 Å². The van der Waals surface area contributed by atoms with Gasteiger partial charge < -0.3 is 19.8 Å². The first kappa shape index (κ1) is 12.4. The Balaban J connectivity index is 1.73. The molecule has 0 saturated carbocycles. The zero-order chi connectivity index (χ0) is 14.8. The molecule has 108 valence electrons. The summed E-state index contributed by atoms with van der Waals surface area (Å²) in [4.78, 5) is 25.6. The van der Waals surface area contributed by atoms with Gasteiger partial charge in [-0.1, -0.05) is 12.2 Å². The molecule has 2 bridgehead atoms. The van der Waals surface area contributed by atoms with Gasteiger partial charge >= 0.3 is 5.97 Å². The molecule has 6 nitrogen and oxygen atoms in total. The van der Waals surface area contributed by atoms with Crippen LogP contribution in [-0.2, 0) is 14.3 Å². The Morgan fingerprint density at radius 2 is 2.05 bits per heavy atom. The number of hydrogen-bond acceptors (Lipinski definition) is 4. The van der Waals surface area contributed by atoms with E-state index >= 15 is 0 Å². The second-order valence-corrected chi connectivity index (χ2v) is 5.68. The summed E-state index contributed by atoms with van der Waals surface area (Å²) in [5, 5.41) is 18.7. The van der Waals surface area contributed by atoms with E-state index in [-0.39, 0.29) is 11.7 Å². The van der Waals surface area contributed by atoms with E-state index in [1.165, 1.54) is 17.0 Å². The minimum atomic E-state index is -1.00. The van der Waals surface area contributed by atoms with Gasteiger partial charge in [-0.05, 0) is 24.3 Å². The highest BCUT2D eigenvalue weighted by atomic mass is 16.5. The van der Waals surface area contributed by atoms with Gasteiger partial charge in [0, 0.05) is 5.69 Å². The van der Waals surface area contributed by atoms with Gasteiger partial charge in [-0.3, -0.25) is 9.59 Å². The number of anilines is 1. The number of ether oxygens (including phenoxy) is 1. The molecule has 6 heteroatoms. The summed E-state index contributed by atoms with van der Waals surface area (Å²) in [5.74, 6) is -2.63. The van der Waals surface area contributed by atoms with Crippen molar-refractivity contribution in [3.63, 3.8) is 0 Å².